The smallest absolute Gasteiger partial charge is 0.396 e. The molecule has 0 fully saturated rings. The molecule has 1 aromatic carbocycles. The van der Waals surface area contributed by atoms with Crippen LogP contribution < -0.4 is 11.2 Å². The molecule has 0 unspecified atom stereocenters. The van der Waals surface area contributed by atoms with Crippen molar-refractivity contribution in [3.63, 3.8) is 0 Å². The lowest BCUT2D eigenvalue weighted by molar-refractivity contribution is -0.139. The largest absolute Gasteiger partial charge is 0.419 e. The Hall–Kier alpha value is -2.62. The summed E-state index contributed by atoms with van der Waals surface area (Å²) >= 11 is 0. The van der Waals surface area contributed by atoms with Crippen LogP contribution in [0.1, 0.15) is 5.56 Å². The predicted molar refractivity (Wildman–Crippen MR) is 65.5 cm³/mol. The lowest BCUT2D eigenvalue weighted by Gasteiger charge is -2.09. The number of aromatic nitrogens is 2. The average Bonchev–Trinajstić information content (AvgIpc) is 2.83. The molecule has 0 bridgehead atoms. The van der Waals surface area contributed by atoms with Crippen LogP contribution >= 0.6 is 0 Å². The molecule has 0 saturated heterocycles. The first kappa shape index (κ1) is 14.8. The molecule has 112 valence electrons. The number of nitrogen functional groups attached to an aromatic ring is 1. The van der Waals surface area contributed by atoms with Crippen molar-refractivity contribution in [2.75, 3.05) is 5.73 Å². The Balaban J connectivity index is 2.44. The summed E-state index contributed by atoms with van der Waals surface area (Å²) in [7, 11) is 0. The first-order valence-electron chi connectivity index (χ1n) is 5.47. The van der Waals surface area contributed by atoms with Crippen molar-refractivity contribution in [1.82, 2.24) is 15.3 Å². The fourth-order valence-corrected chi connectivity index (χ4v) is 1.50. The Kier molecular flexibility index (Phi) is 3.80. The Morgan fingerprint density at radius 2 is 2.10 bits per heavy atom. The quantitative estimate of drug-likeness (QED) is 0.326. The number of nitrogens with one attached hydrogen (secondary N) is 1. The molecule has 1 aromatic heterocycles. The summed E-state index contributed by atoms with van der Waals surface area (Å²) in [6.07, 6.45) is -2.33. The van der Waals surface area contributed by atoms with Gasteiger partial charge >= 0.3 is 6.18 Å². The standard InChI is InChI=1S/C11H9F4N5O/c12-9-2-1-7(3-8(9)11(13,14)15)18-10(19-21)20-5-6(16)4-17-20/h1-5,21H,16H2,(H,18,19). The molecule has 2 aromatic rings. The number of nitrogens with two attached hydrogens (primary N) is 1. The van der Waals surface area contributed by atoms with Gasteiger partial charge < -0.3 is 5.73 Å². The maximum Gasteiger partial charge on any atom is 0.419 e. The summed E-state index contributed by atoms with van der Waals surface area (Å²) in [5.41, 5.74) is 5.66. The Morgan fingerprint density at radius 3 is 2.62 bits per heavy atom. The van der Waals surface area contributed by atoms with Crippen LogP contribution in [0.5, 0.6) is 0 Å². The number of rotatable bonds is 1. The number of nitrogens with zero attached hydrogens (tertiary/aromatic N) is 3. The first-order chi connectivity index (χ1) is 9.81. The lowest BCUT2D eigenvalue weighted by Crippen LogP contribution is -2.27. The summed E-state index contributed by atoms with van der Waals surface area (Å²) in [4.78, 5) is 3.71. The summed E-state index contributed by atoms with van der Waals surface area (Å²) in [6, 6.07) is 2.17. The Morgan fingerprint density at radius 1 is 1.38 bits per heavy atom. The predicted octanol–water partition coefficient (Wildman–Crippen LogP) is 2.14. The third kappa shape index (κ3) is 3.28. The second-order valence-electron chi connectivity index (χ2n) is 3.93. The van der Waals surface area contributed by atoms with Crippen LogP contribution in [-0.2, 0) is 6.18 Å². The van der Waals surface area contributed by atoms with Crippen LogP contribution in [0.2, 0.25) is 0 Å². The van der Waals surface area contributed by atoms with E-state index in [1.165, 1.54) is 12.4 Å². The molecule has 0 atom stereocenters. The van der Waals surface area contributed by atoms with E-state index in [9.17, 15) is 17.6 Å². The second-order valence-corrected chi connectivity index (χ2v) is 3.93. The highest BCUT2D eigenvalue weighted by atomic mass is 19.4. The van der Waals surface area contributed by atoms with Gasteiger partial charge in [0.05, 0.1) is 29.3 Å². The minimum Gasteiger partial charge on any atom is -0.396 e. The topological polar surface area (TPSA) is 88.5 Å². The number of hydrogen-bond donors (Lipinski definition) is 3. The van der Waals surface area contributed by atoms with Crippen LogP contribution in [0, 0.1) is 5.82 Å². The molecule has 0 saturated carbocycles. The highest BCUT2D eigenvalue weighted by molar-refractivity contribution is 5.83. The highest BCUT2D eigenvalue weighted by Gasteiger charge is 2.34. The number of benzene rings is 1. The number of hydrogen-bond acceptors (Lipinski definition) is 4. The molecule has 1 heterocycles. The van der Waals surface area contributed by atoms with Gasteiger partial charge in [-0.2, -0.15) is 18.3 Å². The molecule has 0 amide bonds. The molecule has 0 spiro atoms. The van der Waals surface area contributed by atoms with E-state index in [1.54, 1.807) is 5.48 Å². The maximum absolute atomic E-state index is 13.1. The van der Waals surface area contributed by atoms with Crippen molar-refractivity contribution < 1.29 is 22.8 Å². The van der Waals surface area contributed by atoms with Gasteiger partial charge in [0.15, 0.2) is 0 Å². The van der Waals surface area contributed by atoms with Crippen LogP contribution in [0.15, 0.2) is 35.6 Å². The molecule has 0 aliphatic heterocycles. The van der Waals surface area contributed by atoms with Crippen molar-refractivity contribution in [3.8, 4) is 0 Å². The van der Waals surface area contributed by atoms with Gasteiger partial charge in [-0.25, -0.2) is 19.5 Å². The van der Waals surface area contributed by atoms with Gasteiger partial charge in [-0.3, -0.25) is 5.21 Å². The SMILES string of the molecule is Nc1cnn(C(=Nc2ccc(F)c(C(F)(F)F)c2)NO)c1. The molecule has 6 nitrogen and oxygen atoms in total. The molecule has 0 aliphatic rings. The molecule has 10 heteroatoms. The van der Waals surface area contributed by atoms with Crippen molar-refractivity contribution in [1.29, 1.82) is 0 Å². The third-order valence-electron chi connectivity index (χ3n) is 2.41. The zero-order valence-electron chi connectivity index (χ0n) is 10.3. The maximum atomic E-state index is 13.1. The van der Waals surface area contributed by atoms with Crippen LogP contribution in [0.4, 0.5) is 28.9 Å². The van der Waals surface area contributed by atoms with Gasteiger partial charge in [0.2, 0.25) is 5.96 Å². The number of halogens is 4. The van der Waals surface area contributed by atoms with Crippen LogP contribution in [-0.4, -0.2) is 20.9 Å². The highest BCUT2D eigenvalue weighted by Crippen LogP contribution is 2.33. The fourth-order valence-electron chi connectivity index (χ4n) is 1.50. The molecular weight excluding hydrogens is 294 g/mol. The minimum atomic E-state index is -4.85. The molecule has 4 N–H and O–H groups in total. The van der Waals surface area contributed by atoms with Gasteiger partial charge in [0, 0.05) is 0 Å². The van der Waals surface area contributed by atoms with Crippen molar-refractivity contribution >= 4 is 17.3 Å². The van der Waals surface area contributed by atoms with Crippen molar-refractivity contribution in [2.24, 2.45) is 4.99 Å². The van der Waals surface area contributed by atoms with Crippen molar-refractivity contribution in [3.05, 3.63) is 42.0 Å². The van der Waals surface area contributed by atoms with E-state index in [-0.39, 0.29) is 17.3 Å². The molecule has 21 heavy (non-hydrogen) atoms. The van der Waals surface area contributed by atoms with Crippen molar-refractivity contribution in [2.45, 2.75) is 6.18 Å². The number of aliphatic imine (C=N–C) groups is 1. The van der Waals surface area contributed by atoms with Gasteiger partial charge in [0.1, 0.15) is 5.82 Å². The Bertz CT molecular complexity index is 679. The first-order valence-corrected chi connectivity index (χ1v) is 5.47. The summed E-state index contributed by atoms with van der Waals surface area (Å²) < 4.78 is 51.9. The van der Waals surface area contributed by atoms with Gasteiger partial charge in [-0.1, -0.05) is 0 Å². The van der Waals surface area contributed by atoms with E-state index in [0.717, 1.165) is 10.7 Å². The average molecular weight is 303 g/mol. The van der Waals surface area contributed by atoms with Gasteiger partial charge in [0.25, 0.3) is 0 Å². The second kappa shape index (κ2) is 5.40. The number of hydroxylamine groups is 1. The molecule has 2 rings (SSSR count). The third-order valence-corrected chi connectivity index (χ3v) is 2.41. The van der Waals surface area contributed by atoms with E-state index < -0.39 is 17.6 Å². The lowest BCUT2D eigenvalue weighted by atomic mass is 10.2. The molecule has 0 radical (unpaired) electrons. The van der Waals surface area contributed by atoms with E-state index in [4.69, 9.17) is 10.9 Å². The van der Waals surface area contributed by atoms with Gasteiger partial charge in [-0.15, -0.1) is 0 Å². The zero-order chi connectivity index (χ0) is 15.6. The summed E-state index contributed by atoms with van der Waals surface area (Å²) in [5.74, 6) is -1.71. The van der Waals surface area contributed by atoms with E-state index in [2.05, 4.69) is 10.1 Å². The number of alkyl halides is 3. The minimum absolute atomic E-state index is 0.227. The summed E-state index contributed by atoms with van der Waals surface area (Å²) in [6.45, 7) is 0. The molecular formula is C11H9F4N5O. The van der Waals surface area contributed by atoms with Crippen LogP contribution in [0.25, 0.3) is 0 Å². The van der Waals surface area contributed by atoms with E-state index in [1.807, 2.05) is 0 Å². The van der Waals surface area contributed by atoms with Crippen LogP contribution in [0.3, 0.4) is 0 Å². The normalized spacial score (nSPS) is 12.5. The zero-order valence-corrected chi connectivity index (χ0v) is 10.3. The van der Waals surface area contributed by atoms with E-state index in [0.29, 0.717) is 12.1 Å². The fraction of sp³-hybridized carbons (Fsp3) is 0.0909. The van der Waals surface area contributed by atoms with Gasteiger partial charge in [-0.05, 0) is 18.2 Å². The monoisotopic (exact) mass is 303 g/mol. The number of anilines is 1. The summed E-state index contributed by atoms with van der Waals surface area (Å²) in [5, 5.41) is 12.7. The van der Waals surface area contributed by atoms with E-state index >= 15 is 0 Å². The molecule has 0 aliphatic carbocycles. The Labute approximate surface area is 115 Å².